The molecule has 124 valence electrons. The maximum atomic E-state index is 12.4. The summed E-state index contributed by atoms with van der Waals surface area (Å²) >= 11 is 1.26. The molecule has 6 nitrogen and oxygen atoms in total. The Balaban J connectivity index is 1.84. The Kier molecular flexibility index (Phi) is 4.06. The minimum absolute atomic E-state index is 0.0443. The first-order chi connectivity index (χ1) is 11.3. The number of nitrogens with zero attached hydrogens (tertiary/aromatic N) is 3. The average molecular weight is 355 g/mol. The number of pyridine rings is 1. The van der Waals surface area contributed by atoms with Crippen LogP contribution in [0.3, 0.4) is 0 Å². The maximum absolute atomic E-state index is 12.4. The highest BCUT2D eigenvalue weighted by atomic mass is 32.1. The van der Waals surface area contributed by atoms with Crippen molar-refractivity contribution in [3.05, 3.63) is 57.0 Å². The molecule has 0 aliphatic rings. The number of ketones is 1. The smallest absolute Gasteiger partial charge is 0.413 e. The molecule has 0 saturated carbocycles. The van der Waals surface area contributed by atoms with Crippen LogP contribution >= 0.6 is 11.3 Å². The molecule has 0 spiro atoms. The molecule has 24 heavy (non-hydrogen) atoms. The van der Waals surface area contributed by atoms with Gasteiger partial charge in [0.1, 0.15) is 0 Å². The van der Waals surface area contributed by atoms with E-state index in [1.807, 2.05) is 0 Å². The lowest BCUT2D eigenvalue weighted by Crippen LogP contribution is -2.22. The van der Waals surface area contributed by atoms with Crippen LogP contribution in [-0.4, -0.2) is 20.5 Å². The summed E-state index contributed by atoms with van der Waals surface area (Å²) in [5, 5.41) is 7.91. The van der Waals surface area contributed by atoms with Gasteiger partial charge in [0.05, 0.1) is 11.4 Å². The fourth-order valence-corrected chi connectivity index (χ4v) is 2.55. The number of hydrogen-bond donors (Lipinski definition) is 0. The van der Waals surface area contributed by atoms with Crippen molar-refractivity contribution in [2.75, 3.05) is 0 Å². The summed E-state index contributed by atoms with van der Waals surface area (Å²) in [6, 6.07) is 5.73. The molecule has 0 radical (unpaired) electrons. The van der Waals surface area contributed by atoms with Crippen molar-refractivity contribution in [1.82, 2.24) is 14.8 Å². The highest BCUT2D eigenvalue weighted by Crippen LogP contribution is 2.29. The van der Waals surface area contributed by atoms with E-state index in [4.69, 9.17) is 0 Å². The first kappa shape index (κ1) is 16.1. The van der Waals surface area contributed by atoms with Crippen LogP contribution in [0, 0.1) is 0 Å². The van der Waals surface area contributed by atoms with Crippen LogP contribution in [-0.2, 0) is 12.7 Å². The third-order valence-electron chi connectivity index (χ3n) is 3.02. The molecule has 0 saturated heterocycles. The molecule has 0 aliphatic heterocycles. The lowest BCUT2D eigenvalue weighted by molar-refractivity contribution is -0.156. The molecular formula is C14H8F3N3O3S. The number of rotatable bonds is 4. The number of alkyl halides is 3. The van der Waals surface area contributed by atoms with Gasteiger partial charge in [0.25, 0.3) is 5.56 Å². The van der Waals surface area contributed by atoms with Crippen molar-refractivity contribution < 1.29 is 22.4 Å². The first-order valence-corrected chi connectivity index (χ1v) is 7.41. The van der Waals surface area contributed by atoms with Crippen LogP contribution in [0.5, 0.6) is 0 Å². The summed E-state index contributed by atoms with van der Waals surface area (Å²) in [6.07, 6.45) is -3.46. The number of carbonyl (C=O) groups excluding carboxylic acids is 1. The molecular weight excluding hydrogens is 347 g/mol. The van der Waals surface area contributed by atoms with Crippen LogP contribution in [0.15, 0.2) is 45.1 Å². The molecule has 0 N–H and O–H groups in total. The van der Waals surface area contributed by atoms with E-state index in [-0.39, 0.29) is 17.9 Å². The lowest BCUT2D eigenvalue weighted by atomic mass is 10.2. The van der Waals surface area contributed by atoms with E-state index in [1.165, 1.54) is 23.6 Å². The molecule has 3 rings (SSSR count). The predicted octanol–water partition coefficient (Wildman–Crippen LogP) is 2.86. The van der Waals surface area contributed by atoms with Gasteiger partial charge in [0.2, 0.25) is 5.89 Å². The molecule has 0 atom stereocenters. The molecule has 3 aromatic heterocycles. The number of halogens is 3. The van der Waals surface area contributed by atoms with E-state index in [0.29, 0.717) is 4.88 Å². The van der Waals surface area contributed by atoms with Crippen molar-refractivity contribution >= 4 is 17.1 Å². The average Bonchev–Trinajstić information content (AvgIpc) is 3.20. The zero-order chi connectivity index (χ0) is 17.3. The van der Waals surface area contributed by atoms with Crippen molar-refractivity contribution in [3.8, 4) is 11.5 Å². The van der Waals surface area contributed by atoms with Gasteiger partial charge in [0, 0.05) is 17.8 Å². The lowest BCUT2D eigenvalue weighted by Gasteiger charge is -2.04. The summed E-state index contributed by atoms with van der Waals surface area (Å²) in [5.74, 6) is -2.15. The third-order valence-corrected chi connectivity index (χ3v) is 3.93. The van der Waals surface area contributed by atoms with Crippen molar-refractivity contribution in [3.63, 3.8) is 0 Å². The zero-order valence-electron chi connectivity index (χ0n) is 11.8. The standard InChI is InChI=1S/C14H8F3N3O3S/c15-14(16,17)13-19-18-12(23-13)8-3-4-20(11(22)6-8)7-9(21)10-2-1-5-24-10/h1-6H,7H2. The summed E-state index contributed by atoms with van der Waals surface area (Å²) in [4.78, 5) is 24.5. The Hall–Kier alpha value is -2.75. The highest BCUT2D eigenvalue weighted by molar-refractivity contribution is 7.12. The first-order valence-electron chi connectivity index (χ1n) is 6.53. The minimum atomic E-state index is -4.76. The molecule has 10 heteroatoms. The van der Waals surface area contributed by atoms with Gasteiger partial charge >= 0.3 is 12.1 Å². The fourth-order valence-electron chi connectivity index (χ4n) is 1.90. The van der Waals surface area contributed by atoms with Gasteiger partial charge in [-0.2, -0.15) is 13.2 Å². The number of thiophene rings is 1. The molecule has 3 heterocycles. The van der Waals surface area contributed by atoms with E-state index in [1.54, 1.807) is 17.5 Å². The van der Waals surface area contributed by atoms with E-state index in [0.717, 1.165) is 10.6 Å². The quantitative estimate of drug-likeness (QED) is 0.673. The topological polar surface area (TPSA) is 78.0 Å². The van der Waals surface area contributed by atoms with Gasteiger partial charge < -0.3 is 8.98 Å². The summed E-state index contributed by atoms with van der Waals surface area (Å²) in [6.45, 7) is -0.169. The Bertz CT molecular complexity index is 929. The molecule has 0 aliphatic carbocycles. The normalized spacial score (nSPS) is 11.6. The van der Waals surface area contributed by atoms with Crippen LogP contribution < -0.4 is 5.56 Å². The summed E-state index contributed by atoms with van der Waals surface area (Å²) < 4.78 is 43.0. The monoisotopic (exact) mass is 355 g/mol. The Morgan fingerprint density at radius 1 is 1.29 bits per heavy atom. The predicted molar refractivity (Wildman–Crippen MR) is 77.6 cm³/mol. The van der Waals surface area contributed by atoms with Crippen LogP contribution in [0.4, 0.5) is 13.2 Å². The third kappa shape index (κ3) is 3.27. The van der Waals surface area contributed by atoms with Crippen LogP contribution in [0.25, 0.3) is 11.5 Å². The zero-order valence-corrected chi connectivity index (χ0v) is 12.6. The fraction of sp³-hybridized carbons (Fsp3) is 0.143. The molecule has 0 bridgehead atoms. The van der Waals surface area contributed by atoms with E-state index < -0.39 is 23.5 Å². The summed E-state index contributed by atoms with van der Waals surface area (Å²) in [5.41, 5.74) is -0.521. The molecule has 0 amide bonds. The van der Waals surface area contributed by atoms with Crippen molar-refractivity contribution in [2.24, 2.45) is 0 Å². The van der Waals surface area contributed by atoms with Gasteiger partial charge in [0.15, 0.2) is 5.78 Å². The minimum Gasteiger partial charge on any atom is -0.413 e. The Morgan fingerprint density at radius 2 is 2.08 bits per heavy atom. The molecule has 0 fully saturated rings. The largest absolute Gasteiger partial charge is 0.470 e. The van der Waals surface area contributed by atoms with Crippen molar-refractivity contribution in [2.45, 2.75) is 12.7 Å². The van der Waals surface area contributed by atoms with Crippen molar-refractivity contribution in [1.29, 1.82) is 0 Å². The molecule has 0 unspecified atom stereocenters. The number of hydrogen-bond acceptors (Lipinski definition) is 6. The molecule has 0 aromatic carbocycles. The second kappa shape index (κ2) is 6.04. The summed E-state index contributed by atoms with van der Waals surface area (Å²) in [7, 11) is 0. The highest BCUT2D eigenvalue weighted by Gasteiger charge is 2.38. The van der Waals surface area contributed by atoms with Crippen LogP contribution in [0.1, 0.15) is 15.6 Å². The van der Waals surface area contributed by atoms with Crippen LogP contribution in [0.2, 0.25) is 0 Å². The van der Waals surface area contributed by atoms with Gasteiger partial charge in [-0.3, -0.25) is 9.59 Å². The second-order valence-electron chi connectivity index (χ2n) is 4.69. The second-order valence-corrected chi connectivity index (χ2v) is 5.64. The number of Topliss-reactive ketones (excluding diaryl/α,β-unsaturated/α-hetero) is 1. The van der Waals surface area contributed by atoms with E-state index in [2.05, 4.69) is 14.6 Å². The Labute approximate surface area is 136 Å². The van der Waals surface area contributed by atoms with Gasteiger partial charge in [-0.1, -0.05) is 6.07 Å². The maximum Gasteiger partial charge on any atom is 0.470 e. The van der Waals surface area contributed by atoms with E-state index >= 15 is 0 Å². The number of carbonyl (C=O) groups is 1. The van der Waals surface area contributed by atoms with Gasteiger partial charge in [-0.05, 0) is 17.5 Å². The Morgan fingerprint density at radius 3 is 2.67 bits per heavy atom. The molecule has 3 aromatic rings. The van der Waals surface area contributed by atoms with E-state index in [9.17, 15) is 22.8 Å². The van der Waals surface area contributed by atoms with Gasteiger partial charge in [-0.25, -0.2) is 0 Å². The SMILES string of the molecule is O=C(Cn1ccc(-c2nnc(C(F)(F)F)o2)cc1=O)c1cccs1. The number of aromatic nitrogens is 3. The van der Waals surface area contributed by atoms with Gasteiger partial charge in [-0.15, -0.1) is 21.5 Å².